The molecular formula is C11H16ClN3O. The van der Waals surface area contributed by atoms with E-state index in [-0.39, 0.29) is 10.6 Å². The number of rotatable bonds is 1. The molecule has 0 bridgehead atoms. The molecule has 1 fully saturated rings. The molecule has 0 spiro atoms. The van der Waals surface area contributed by atoms with Crippen molar-refractivity contribution in [1.82, 2.24) is 9.78 Å². The maximum absolute atomic E-state index is 11.7. The fraction of sp³-hybridized carbons (Fsp3) is 0.636. The van der Waals surface area contributed by atoms with Crippen molar-refractivity contribution in [2.24, 2.45) is 13.0 Å². The first kappa shape index (κ1) is 11.5. The molecule has 16 heavy (non-hydrogen) atoms. The Morgan fingerprint density at radius 3 is 3.00 bits per heavy atom. The molecule has 88 valence electrons. The van der Waals surface area contributed by atoms with E-state index in [2.05, 4.69) is 16.9 Å². The summed E-state index contributed by atoms with van der Waals surface area (Å²) >= 11 is 6.06. The molecule has 1 aliphatic rings. The molecule has 1 saturated heterocycles. The number of anilines is 1. The smallest absolute Gasteiger partial charge is 0.287 e. The highest BCUT2D eigenvalue weighted by molar-refractivity contribution is 6.33. The number of halogens is 1. The van der Waals surface area contributed by atoms with Crippen LogP contribution in [0.2, 0.25) is 5.02 Å². The lowest BCUT2D eigenvalue weighted by molar-refractivity contribution is 0.446. The molecule has 0 unspecified atom stereocenters. The third-order valence-corrected chi connectivity index (χ3v) is 3.41. The molecule has 0 amide bonds. The Kier molecular flexibility index (Phi) is 3.19. The van der Waals surface area contributed by atoms with Crippen LogP contribution >= 0.6 is 11.6 Å². The highest BCUT2D eigenvalue weighted by atomic mass is 35.5. The van der Waals surface area contributed by atoms with Gasteiger partial charge in [-0.3, -0.25) is 4.79 Å². The Morgan fingerprint density at radius 1 is 1.56 bits per heavy atom. The van der Waals surface area contributed by atoms with Crippen molar-refractivity contribution in [1.29, 1.82) is 0 Å². The lowest BCUT2D eigenvalue weighted by Gasteiger charge is -2.32. The van der Waals surface area contributed by atoms with Gasteiger partial charge in [0.15, 0.2) is 0 Å². The first-order valence-corrected chi connectivity index (χ1v) is 5.94. The van der Waals surface area contributed by atoms with E-state index in [4.69, 9.17) is 11.6 Å². The summed E-state index contributed by atoms with van der Waals surface area (Å²) in [6.07, 6.45) is 4.07. The SMILES string of the molecule is C[C@@H]1CCCN(c2cnn(C)c(=O)c2Cl)C1. The van der Waals surface area contributed by atoms with Crippen molar-refractivity contribution < 1.29 is 0 Å². The van der Waals surface area contributed by atoms with Gasteiger partial charge in [0.2, 0.25) is 0 Å². The highest BCUT2D eigenvalue weighted by Crippen LogP contribution is 2.26. The average Bonchev–Trinajstić information content (AvgIpc) is 2.26. The lowest BCUT2D eigenvalue weighted by atomic mass is 10.00. The second kappa shape index (κ2) is 4.45. The Bertz CT molecular complexity index is 443. The summed E-state index contributed by atoms with van der Waals surface area (Å²) in [5.41, 5.74) is 0.550. The molecule has 4 nitrogen and oxygen atoms in total. The minimum atomic E-state index is -0.225. The van der Waals surface area contributed by atoms with Crippen molar-refractivity contribution >= 4 is 17.3 Å². The van der Waals surface area contributed by atoms with Gasteiger partial charge < -0.3 is 4.90 Å². The summed E-state index contributed by atoms with van der Waals surface area (Å²) in [7, 11) is 1.61. The van der Waals surface area contributed by atoms with Crippen molar-refractivity contribution in [2.45, 2.75) is 19.8 Å². The van der Waals surface area contributed by atoms with Crippen LogP contribution in [-0.4, -0.2) is 22.9 Å². The Balaban J connectivity index is 2.33. The fourth-order valence-corrected chi connectivity index (χ4v) is 2.42. The summed E-state index contributed by atoms with van der Waals surface area (Å²) in [5.74, 6) is 0.647. The zero-order valence-corrected chi connectivity index (χ0v) is 10.4. The van der Waals surface area contributed by atoms with Crippen molar-refractivity contribution in [2.75, 3.05) is 18.0 Å². The molecule has 0 aromatic carbocycles. The number of aryl methyl sites for hydroxylation is 1. The maximum Gasteiger partial charge on any atom is 0.287 e. The first-order chi connectivity index (χ1) is 7.59. The van der Waals surface area contributed by atoms with E-state index in [9.17, 15) is 4.79 Å². The Hall–Kier alpha value is -1.03. The number of aromatic nitrogens is 2. The van der Waals surface area contributed by atoms with Crippen LogP contribution in [0.5, 0.6) is 0 Å². The number of hydrogen-bond acceptors (Lipinski definition) is 3. The van der Waals surface area contributed by atoms with Gasteiger partial charge in [0.05, 0.1) is 11.9 Å². The summed E-state index contributed by atoms with van der Waals surface area (Å²) < 4.78 is 1.26. The topological polar surface area (TPSA) is 38.1 Å². The molecule has 0 aliphatic carbocycles. The summed E-state index contributed by atoms with van der Waals surface area (Å²) in [5, 5.41) is 4.30. The predicted molar refractivity (Wildman–Crippen MR) is 65.1 cm³/mol. The van der Waals surface area contributed by atoms with Gasteiger partial charge in [-0.25, -0.2) is 4.68 Å². The zero-order valence-electron chi connectivity index (χ0n) is 9.61. The first-order valence-electron chi connectivity index (χ1n) is 5.56. The van der Waals surface area contributed by atoms with Gasteiger partial charge in [-0.15, -0.1) is 0 Å². The van der Waals surface area contributed by atoms with Gasteiger partial charge in [0.25, 0.3) is 5.56 Å². The number of piperidine rings is 1. The normalized spacial score (nSPS) is 21.2. The predicted octanol–water partition coefficient (Wildman–Crippen LogP) is 1.67. The van der Waals surface area contributed by atoms with Crippen LogP contribution in [-0.2, 0) is 7.05 Å². The molecule has 1 aliphatic heterocycles. The summed E-state index contributed by atoms with van der Waals surface area (Å²) in [6, 6.07) is 0. The number of hydrogen-bond donors (Lipinski definition) is 0. The van der Waals surface area contributed by atoms with E-state index >= 15 is 0 Å². The van der Waals surface area contributed by atoms with E-state index in [0.29, 0.717) is 5.92 Å². The van der Waals surface area contributed by atoms with Crippen LogP contribution in [0.3, 0.4) is 0 Å². The van der Waals surface area contributed by atoms with Crippen LogP contribution in [0.4, 0.5) is 5.69 Å². The largest absolute Gasteiger partial charge is 0.369 e. The lowest BCUT2D eigenvalue weighted by Crippen LogP contribution is -2.36. The molecule has 1 aromatic rings. The molecule has 5 heteroatoms. The van der Waals surface area contributed by atoms with Gasteiger partial charge in [0, 0.05) is 20.1 Å². The van der Waals surface area contributed by atoms with Gasteiger partial charge >= 0.3 is 0 Å². The molecule has 2 rings (SSSR count). The molecule has 1 aromatic heterocycles. The zero-order chi connectivity index (χ0) is 11.7. The summed E-state index contributed by atoms with van der Waals surface area (Å²) in [6.45, 7) is 4.13. The van der Waals surface area contributed by atoms with E-state index < -0.39 is 0 Å². The molecule has 2 heterocycles. The Morgan fingerprint density at radius 2 is 2.31 bits per heavy atom. The van der Waals surface area contributed by atoms with E-state index in [1.165, 1.54) is 11.1 Å². The van der Waals surface area contributed by atoms with E-state index in [0.717, 1.165) is 25.2 Å². The van der Waals surface area contributed by atoms with Crippen molar-refractivity contribution in [3.63, 3.8) is 0 Å². The van der Waals surface area contributed by atoms with Gasteiger partial charge in [-0.1, -0.05) is 18.5 Å². The quantitative estimate of drug-likeness (QED) is 0.751. The van der Waals surface area contributed by atoms with E-state index in [1.54, 1.807) is 13.2 Å². The minimum absolute atomic E-state index is 0.225. The Labute approximate surface area is 99.8 Å². The standard InChI is InChI=1S/C11H16ClN3O/c1-8-4-3-5-15(7-8)9-6-13-14(2)11(16)10(9)12/h6,8H,3-5,7H2,1-2H3/t8-/m1/s1. The van der Waals surface area contributed by atoms with E-state index in [1.807, 2.05) is 0 Å². The van der Waals surface area contributed by atoms with Crippen LogP contribution < -0.4 is 10.5 Å². The second-order valence-corrected chi connectivity index (χ2v) is 4.84. The third-order valence-electron chi connectivity index (χ3n) is 3.06. The monoisotopic (exact) mass is 241 g/mol. The fourth-order valence-electron chi connectivity index (χ4n) is 2.13. The second-order valence-electron chi connectivity index (χ2n) is 4.47. The van der Waals surface area contributed by atoms with Gasteiger partial charge in [-0.2, -0.15) is 5.10 Å². The van der Waals surface area contributed by atoms with Gasteiger partial charge in [-0.05, 0) is 18.8 Å². The summed E-state index contributed by atoms with van der Waals surface area (Å²) in [4.78, 5) is 13.8. The van der Waals surface area contributed by atoms with Crippen molar-refractivity contribution in [3.8, 4) is 0 Å². The maximum atomic E-state index is 11.7. The molecule has 0 saturated carbocycles. The van der Waals surface area contributed by atoms with Crippen LogP contribution in [0.15, 0.2) is 11.0 Å². The molecule has 1 atom stereocenters. The molecular weight excluding hydrogens is 226 g/mol. The van der Waals surface area contributed by atoms with Crippen LogP contribution in [0.25, 0.3) is 0 Å². The van der Waals surface area contributed by atoms with Crippen molar-refractivity contribution in [3.05, 3.63) is 21.6 Å². The minimum Gasteiger partial charge on any atom is -0.369 e. The number of nitrogens with zero attached hydrogens (tertiary/aromatic N) is 3. The van der Waals surface area contributed by atoms with Crippen LogP contribution in [0.1, 0.15) is 19.8 Å². The highest BCUT2D eigenvalue weighted by Gasteiger charge is 2.20. The average molecular weight is 242 g/mol. The molecule has 0 N–H and O–H groups in total. The van der Waals surface area contributed by atoms with Crippen LogP contribution in [0, 0.1) is 5.92 Å². The van der Waals surface area contributed by atoms with Gasteiger partial charge in [0.1, 0.15) is 5.02 Å². The third kappa shape index (κ3) is 2.07. The molecule has 0 radical (unpaired) electrons.